The van der Waals surface area contributed by atoms with Gasteiger partial charge >= 0.3 is 5.97 Å². The first kappa shape index (κ1) is 11.6. The van der Waals surface area contributed by atoms with E-state index in [1.807, 2.05) is 24.3 Å². The van der Waals surface area contributed by atoms with Crippen LogP contribution in [0.4, 0.5) is 0 Å². The van der Waals surface area contributed by atoms with Crippen LogP contribution in [0.5, 0.6) is 5.75 Å². The molecule has 0 aromatic heterocycles. The van der Waals surface area contributed by atoms with Gasteiger partial charge in [-0.25, -0.2) is 0 Å². The maximum atomic E-state index is 11.6. The fourth-order valence-corrected chi connectivity index (χ4v) is 2.84. The highest BCUT2D eigenvalue weighted by Gasteiger charge is 2.42. The zero-order valence-electron chi connectivity index (χ0n) is 10.4. The first-order chi connectivity index (χ1) is 8.71. The van der Waals surface area contributed by atoms with Crippen molar-refractivity contribution in [2.45, 2.75) is 50.0 Å². The van der Waals surface area contributed by atoms with Gasteiger partial charge in [0.05, 0.1) is 11.5 Å². The summed E-state index contributed by atoms with van der Waals surface area (Å²) in [4.78, 5) is 11.6. The van der Waals surface area contributed by atoms with Crippen molar-refractivity contribution in [2.24, 2.45) is 0 Å². The Morgan fingerprint density at radius 3 is 2.28 bits per heavy atom. The molecule has 2 fully saturated rings. The maximum absolute atomic E-state index is 11.6. The minimum atomic E-state index is -0.684. The van der Waals surface area contributed by atoms with Crippen LogP contribution in [0.1, 0.15) is 44.1 Å². The van der Waals surface area contributed by atoms with Gasteiger partial charge in [0.25, 0.3) is 0 Å². The summed E-state index contributed by atoms with van der Waals surface area (Å²) >= 11 is 0. The molecule has 1 aromatic carbocycles. The van der Waals surface area contributed by atoms with Gasteiger partial charge in [0.1, 0.15) is 5.75 Å². The van der Waals surface area contributed by atoms with E-state index in [2.05, 4.69) is 0 Å². The van der Waals surface area contributed by atoms with Crippen molar-refractivity contribution in [3.63, 3.8) is 0 Å². The van der Waals surface area contributed by atoms with Gasteiger partial charge in [-0.2, -0.15) is 0 Å². The normalized spacial score (nSPS) is 21.8. The molecule has 0 amide bonds. The van der Waals surface area contributed by atoms with Crippen LogP contribution in [0.3, 0.4) is 0 Å². The van der Waals surface area contributed by atoms with Gasteiger partial charge in [0, 0.05) is 0 Å². The van der Waals surface area contributed by atoms with Crippen molar-refractivity contribution in [2.75, 3.05) is 0 Å². The molecule has 1 aromatic rings. The predicted octanol–water partition coefficient (Wildman–Crippen LogP) is 3.12. The first-order valence-corrected chi connectivity index (χ1v) is 6.71. The van der Waals surface area contributed by atoms with Crippen LogP contribution in [0.2, 0.25) is 0 Å². The minimum Gasteiger partial charge on any atom is -0.490 e. The van der Waals surface area contributed by atoms with Crippen molar-refractivity contribution >= 4 is 5.97 Å². The van der Waals surface area contributed by atoms with Crippen LogP contribution >= 0.6 is 0 Å². The number of carboxylic acids is 1. The summed E-state index contributed by atoms with van der Waals surface area (Å²) < 4.78 is 5.69. The highest BCUT2D eigenvalue weighted by Crippen LogP contribution is 2.42. The number of ether oxygens (including phenoxy) is 1. The topological polar surface area (TPSA) is 46.5 Å². The van der Waals surface area contributed by atoms with E-state index >= 15 is 0 Å². The Morgan fingerprint density at radius 2 is 1.78 bits per heavy atom. The van der Waals surface area contributed by atoms with Gasteiger partial charge in [0.15, 0.2) is 0 Å². The van der Waals surface area contributed by atoms with Crippen LogP contribution in [0.25, 0.3) is 0 Å². The molecule has 18 heavy (non-hydrogen) atoms. The van der Waals surface area contributed by atoms with Gasteiger partial charge in [-0.05, 0) is 43.4 Å². The summed E-state index contributed by atoms with van der Waals surface area (Å²) in [6.45, 7) is 0. The van der Waals surface area contributed by atoms with E-state index in [0.717, 1.165) is 49.8 Å². The van der Waals surface area contributed by atoms with Crippen LogP contribution in [0.15, 0.2) is 24.3 Å². The fourth-order valence-electron chi connectivity index (χ4n) is 2.84. The minimum absolute atomic E-state index is 0.385. The van der Waals surface area contributed by atoms with Gasteiger partial charge in [-0.3, -0.25) is 4.79 Å². The van der Waals surface area contributed by atoms with Crippen LogP contribution < -0.4 is 4.74 Å². The third kappa shape index (κ3) is 1.98. The molecule has 0 heterocycles. The van der Waals surface area contributed by atoms with E-state index in [9.17, 15) is 9.90 Å². The summed E-state index contributed by atoms with van der Waals surface area (Å²) in [7, 11) is 0. The maximum Gasteiger partial charge on any atom is 0.314 e. The zero-order chi connectivity index (χ0) is 12.6. The number of rotatable bonds is 4. The molecule has 0 spiro atoms. The lowest BCUT2D eigenvalue weighted by Gasteiger charge is -2.24. The Morgan fingerprint density at radius 1 is 1.17 bits per heavy atom. The standard InChI is InChI=1S/C15H18O3/c16-14(17)15(9-1-2-10-15)11-3-5-12(6-4-11)18-13-7-8-13/h3-6,13H,1-2,7-10H2,(H,16,17). The molecule has 3 rings (SSSR count). The van der Waals surface area contributed by atoms with E-state index in [4.69, 9.17) is 4.74 Å². The molecular formula is C15H18O3. The molecule has 3 nitrogen and oxygen atoms in total. The molecular weight excluding hydrogens is 228 g/mol. The van der Waals surface area contributed by atoms with Crippen molar-refractivity contribution in [3.05, 3.63) is 29.8 Å². The Labute approximate surface area is 107 Å². The molecule has 2 aliphatic carbocycles. The molecule has 96 valence electrons. The highest BCUT2D eigenvalue weighted by molar-refractivity contribution is 5.81. The Kier molecular flexibility index (Phi) is 2.77. The van der Waals surface area contributed by atoms with Crippen molar-refractivity contribution in [3.8, 4) is 5.75 Å². The van der Waals surface area contributed by atoms with Crippen molar-refractivity contribution in [1.82, 2.24) is 0 Å². The SMILES string of the molecule is O=C(O)C1(c2ccc(OC3CC3)cc2)CCCC1. The Hall–Kier alpha value is -1.51. The van der Waals surface area contributed by atoms with E-state index in [0.29, 0.717) is 6.10 Å². The smallest absolute Gasteiger partial charge is 0.314 e. The van der Waals surface area contributed by atoms with Crippen LogP contribution in [-0.2, 0) is 10.2 Å². The molecule has 2 saturated carbocycles. The predicted molar refractivity (Wildman–Crippen MR) is 67.9 cm³/mol. The molecule has 3 heteroatoms. The highest BCUT2D eigenvalue weighted by atomic mass is 16.5. The second kappa shape index (κ2) is 4.30. The van der Waals surface area contributed by atoms with Crippen molar-refractivity contribution in [1.29, 1.82) is 0 Å². The summed E-state index contributed by atoms with van der Waals surface area (Å²) in [5, 5.41) is 9.51. The van der Waals surface area contributed by atoms with Gasteiger partial charge in [-0.15, -0.1) is 0 Å². The third-order valence-electron chi connectivity index (χ3n) is 4.10. The molecule has 0 aliphatic heterocycles. The molecule has 0 atom stereocenters. The molecule has 0 bridgehead atoms. The molecule has 0 unspecified atom stereocenters. The number of hydrogen-bond acceptors (Lipinski definition) is 2. The second-order valence-electron chi connectivity index (χ2n) is 5.44. The largest absolute Gasteiger partial charge is 0.490 e. The van der Waals surface area contributed by atoms with E-state index in [1.165, 1.54) is 0 Å². The molecule has 0 saturated heterocycles. The number of carboxylic acid groups (broad SMARTS) is 1. The first-order valence-electron chi connectivity index (χ1n) is 6.71. The van der Waals surface area contributed by atoms with E-state index in [1.54, 1.807) is 0 Å². The lowest BCUT2D eigenvalue weighted by atomic mass is 9.79. The molecule has 1 N–H and O–H groups in total. The Bertz CT molecular complexity index is 439. The van der Waals surface area contributed by atoms with Crippen LogP contribution in [-0.4, -0.2) is 17.2 Å². The monoisotopic (exact) mass is 246 g/mol. The number of aliphatic carboxylic acids is 1. The second-order valence-corrected chi connectivity index (χ2v) is 5.44. The number of hydrogen-bond donors (Lipinski definition) is 1. The molecule has 0 radical (unpaired) electrons. The molecule has 2 aliphatic rings. The lowest BCUT2D eigenvalue weighted by molar-refractivity contribution is -0.143. The van der Waals surface area contributed by atoms with Gasteiger partial charge in [-0.1, -0.05) is 25.0 Å². The summed E-state index contributed by atoms with van der Waals surface area (Å²) in [6, 6.07) is 7.68. The zero-order valence-corrected chi connectivity index (χ0v) is 10.4. The van der Waals surface area contributed by atoms with Gasteiger partial charge < -0.3 is 9.84 Å². The average Bonchev–Trinajstić information content (AvgIpc) is 3.04. The van der Waals surface area contributed by atoms with Crippen molar-refractivity contribution < 1.29 is 14.6 Å². The average molecular weight is 246 g/mol. The third-order valence-corrected chi connectivity index (χ3v) is 4.10. The number of carbonyl (C=O) groups is 1. The Balaban J connectivity index is 1.83. The summed E-state index contributed by atoms with van der Waals surface area (Å²) in [5.41, 5.74) is 0.272. The fraction of sp³-hybridized carbons (Fsp3) is 0.533. The van der Waals surface area contributed by atoms with E-state index in [-0.39, 0.29) is 0 Å². The van der Waals surface area contributed by atoms with Crippen LogP contribution in [0, 0.1) is 0 Å². The summed E-state index contributed by atoms with van der Waals surface area (Å²) in [6.07, 6.45) is 6.19. The number of benzene rings is 1. The quantitative estimate of drug-likeness (QED) is 0.887. The van der Waals surface area contributed by atoms with E-state index < -0.39 is 11.4 Å². The summed E-state index contributed by atoms with van der Waals surface area (Å²) in [5.74, 6) is 0.177. The van der Waals surface area contributed by atoms with Gasteiger partial charge in [0.2, 0.25) is 0 Å². The lowest BCUT2D eigenvalue weighted by Crippen LogP contribution is -2.32.